The van der Waals surface area contributed by atoms with Crippen molar-refractivity contribution in [2.45, 2.75) is 101 Å². The van der Waals surface area contributed by atoms with Crippen LogP contribution in [0.1, 0.15) is 81.4 Å². The first-order valence-corrected chi connectivity index (χ1v) is 15.9. The molecule has 47 heavy (non-hydrogen) atoms. The van der Waals surface area contributed by atoms with E-state index in [1.54, 1.807) is 0 Å². The fraction of sp³-hybridized carbons (Fsp3) is 0.600. The fourth-order valence-electron chi connectivity index (χ4n) is 6.55. The lowest BCUT2D eigenvalue weighted by Gasteiger charge is -2.31. The van der Waals surface area contributed by atoms with E-state index in [9.17, 15) is 31.1 Å². The fourth-order valence-corrected chi connectivity index (χ4v) is 6.55. The van der Waals surface area contributed by atoms with Crippen molar-refractivity contribution in [1.29, 1.82) is 0 Å². The van der Waals surface area contributed by atoms with E-state index >= 15 is 0 Å². The highest BCUT2D eigenvalue weighted by Crippen LogP contribution is 2.38. The highest BCUT2D eigenvalue weighted by molar-refractivity contribution is 5.85. The summed E-state index contributed by atoms with van der Waals surface area (Å²) in [4.78, 5) is 32.0. The Morgan fingerprint density at radius 2 is 1.45 bits per heavy atom. The number of nitrogens with one attached hydrogen (secondary N) is 3. The Bertz CT molecular complexity index is 1530. The number of rotatable bonds is 7. The van der Waals surface area contributed by atoms with Crippen molar-refractivity contribution >= 4 is 34.7 Å². The predicted molar refractivity (Wildman–Crippen MR) is 161 cm³/mol. The number of hydroxylamine groups is 2. The zero-order valence-electron chi connectivity index (χ0n) is 25.5. The minimum atomic E-state index is -5.04. The Morgan fingerprint density at radius 3 is 2.06 bits per heavy atom. The summed E-state index contributed by atoms with van der Waals surface area (Å²) in [6.45, 7) is 0.527. The molecule has 2 aliphatic carbocycles. The number of alkyl halides is 6. The van der Waals surface area contributed by atoms with Crippen LogP contribution < -0.4 is 21.7 Å². The SMILES string of the molecule is N[C@H]1CC[C@H](Nc2nc(NC3CCN(OC(=O)Nc4cc(C(F)(F)F)cc(C(F)(F)F)c4)CC3)c3ncn(C4CCCC4)c3n2)CC1. The van der Waals surface area contributed by atoms with Crippen LogP contribution in [0, 0.1) is 0 Å². The molecule has 0 spiro atoms. The Hall–Kier alpha value is -3.86. The zero-order chi connectivity index (χ0) is 33.3. The van der Waals surface area contributed by atoms with Crippen LogP contribution >= 0.6 is 0 Å². The quantitative estimate of drug-likeness (QED) is 0.203. The average molecular weight is 670 g/mol. The zero-order valence-corrected chi connectivity index (χ0v) is 25.5. The minimum Gasteiger partial charge on any atom is -0.365 e. The van der Waals surface area contributed by atoms with Gasteiger partial charge in [-0.2, -0.15) is 36.3 Å². The van der Waals surface area contributed by atoms with Gasteiger partial charge in [-0.15, -0.1) is 5.06 Å². The van der Waals surface area contributed by atoms with Crippen molar-refractivity contribution in [3.05, 3.63) is 35.7 Å². The van der Waals surface area contributed by atoms with Crippen molar-refractivity contribution in [2.75, 3.05) is 29.0 Å². The number of hydrogen-bond acceptors (Lipinski definition) is 9. The van der Waals surface area contributed by atoms with Gasteiger partial charge < -0.3 is 25.8 Å². The number of anilines is 3. The monoisotopic (exact) mass is 669 g/mol. The maximum Gasteiger partial charge on any atom is 0.430 e. The van der Waals surface area contributed by atoms with E-state index in [1.165, 1.54) is 5.06 Å². The normalized spacial score (nSPS) is 22.0. The summed E-state index contributed by atoms with van der Waals surface area (Å²) in [5.74, 6) is 1.10. The number of carbonyl (C=O) groups excluding carboxylic acids is 1. The van der Waals surface area contributed by atoms with Crippen molar-refractivity contribution in [3.8, 4) is 0 Å². The van der Waals surface area contributed by atoms with Crippen molar-refractivity contribution in [1.82, 2.24) is 24.6 Å². The summed E-state index contributed by atoms with van der Waals surface area (Å²) < 4.78 is 81.3. The van der Waals surface area contributed by atoms with Gasteiger partial charge in [-0.3, -0.25) is 5.32 Å². The highest BCUT2D eigenvalue weighted by atomic mass is 19.4. The Balaban J connectivity index is 1.10. The molecule has 0 bridgehead atoms. The number of benzene rings is 1. The van der Waals surface area contributed by atoms with Crippen LogP contribution in [0.4, 0.5) is 48.6 Å². The van der Waals surface area contributed by atoms with Crippen molar-refractivity contribution in [2.24, 2.45) is 5.73 Å². The number of halogens is 6. The van der Waals surface area contributed by atoms with Gasteiger partial charge in [-0.1, -0.05) is 12.8 Å². The Morgan fingerprint density at radius 1 is 0.830 bits per heavy atom. The van der Waals surface area contributed by atoms with Crippen LogP contribution in [0.25, 0.3) is 11.2 Å². The molecule has 11 nitrogen and oxygen atoms in total. The van der Waals surface area contributed by atoms with E-state index in [-0.39, 0.29) is 37.3 Å². The van der Waals surface area contributed by atoms with Crippen LogP contribution in [0.2, 0.25) is 0 Å². The van der Waals surface area contributed by atoms with E-state index in [0.717, 1.165) is 57.0 Å². The van der Waals surface area contributed by atoms with E-state index in [4.69, 9.17) is 20.5 Å². The lowest BCUT2D eigenvalue weighted by atomic mass is 9.92. The summed E-state index contributed by atoms with van der Waals surface area (Å²) >= 11 is 0. The molecule has 3 aromatic rings. The second-order valence-corrected chi connectivity index (χ2v) is 12.6. The smallest absolute Gasteiger partial charge is 0.365 e. The van der Waals surface area contributed by atoms with E-state index in [0.29, 0.717) is 48.3 Å². The number of fused-ring (bicyclic) bond motifs is 1. The van der Waals surface area contributed by atoms with Gasteiger partial charge in [0.2, 0.25) is 5.95 Å². The van der Waals surface area contributed by atoms with E-state index in [2.05, 4.69) is 20.2 Å². The summed E-state index contributed by atoms with van der Waals surface area (Å²) in [6, 6.07) is 1.51. The lowest BCUT2D eigenvalue weighted by Crippen LogP contribution is -2.41. The minimum absolute atomic E-state index is 0.0102. The number of nitrogens with two attached hydrogens (primary N) is 1. The maximum absolute atomic E-state index is 13.2. The average Bonchev–Trinajstić information content (AvgIpc) is 3.69. The first-order chi connectivity index (χ1) is 22.3. The molecule has 6 rings (SSSR count). The second kappa shape index (κ2) is 13.3. The highest BCUT2D eigenvalue weighted by Gasteiger charge is 2.37. The van der Waals surface area contributed by atoms with Gasteiger partial charge in [0.1, 0.15) is 0 Å². The Labute approximate surface area is 266 Å². The first-order valence-electron chi connectivity index (χ1n) is 15.9. The molecule has 0 atom stereocenters. The van der Waals surface area contributed by atoms with Crippen LogP contribution in [0.15, 0.2) is 24.5 Å². The molecule has 3 fully saturated rings. The van der Waals surface area contributed by atoms with Gasteiger partial charge in [0.25, 0.3) is 0 Å². The number of nitrogens with zero attached hydrogens (tertiary/aromatic N) is 5. The molecule has 1 amide bonds. The van der Waals surface area contributed by atoms with Gasteiger partial charge in [-0.25, -0.2) is 9.78 Å². The largest absolute Gasteiger partial charge is 0.430 e. The molecule has 3 heterocycles. The number of imidazole rings is 1. The summed E-state index contributed by atoms with van der Waals surface area (Å²) in [5, 5.41) is 10.3. The maximum atomic E-state index is 13.2. The van der Waals surface area contributed by atoms with Gasteiger partial charge >= 0.3 is 18.4 Å². The summed E-state index contributed by atoms with van der Waals surface area (Å²) in [7, 11) is 0. The molecule has 1 aliphatic heterocycles. The molecule has 1 saturated heterocycles. The number of piperidine rings is 1. The van der Waals surface area contributed by atoms with Crippen molar-refractivity contribution in [3.63, 3.8) is 0 Å². The number of carbonyl (C=O) groups is 1. The van der Waals surface area contributed by atoms with E-state index in [1.807, 2.05) is 11.6 Å². The molecular weight excluding hydrogens is 632 g/mol. The molecule has 2 saturated carbocycles. The van der Waals surface area contributed by atoms with Crippen LogP contribution in [0.5, 0.6) is 0 Å². The van der Waals surface area contributed by atoms with Gasteiger partial charge in [0.15, 0.2) is 17.0 Å². The molecule has 5 N–H and O–H groups in total. The molecule has 0 unspecified atom stereocenters. The molecule has 1 aromatic carbocycles. The number of amides is 1. The van der Waals surface area contributed by atoms with Gasteiger partial charge in [0.05, 0.1) is 17.5 Å². The molecule has 256 valence electrons. The van der Waals surface area contributed by atoms with Crippen LogP contribution in [-0.4, -0.2) is 61.9 Å². The molecule has 2 aromatic heterocycles. The number of aromatic nitrogens is 4. The van der Waals surface area contributed by atoms with Crippen LogP contribution in [0.3, 0.4) is 0 Å². The standard InChI is InChI=1S/C30H37F6N9O2/c31-29(32,33)17-13-18(30(34,35)36)15-22(14-17)41-28(46)47-44-11-9-21(10-12-44)39-25-24-26(45(16-38-24)23-3-1-2-4-23)43-27(42-25)40-20-7-5-19(37)6-8-20/h13-16,19-21,23H,1-12,37H2,(H,41,46)(H2,39,40,42,43)/t19-,20-. The van der Waals surface area contributed by atoms with Gasteiger partial charge in [-0.05, 0) is 69.6 Å². The first kappa shape index (κ1) is 33.1. The van der Waals surface area contributed by atoms with Gasteiger partial charge in [0, 0.05) is 42.9 Å². The summed E-state index contributed by atoms with van der Waals surface area (Å²) in [6.07, 6.45) is -0.302. The third-order valence-electron chi connectivity index (χ3n) is 9.09. The predicted octanol–water partition coefficient (Wildman–Crippen LogP) is 6.70. The molecule has 3 aliphatic rings. The lowest BCUT2D eigenvalue weighted by molar-refractivity contribution is -0.143. The Kier molecular flexibility index (Phi) is 9.38. The topological polar surface area (TPSA) is 135 Å². The molecule has 17 heteroatoms. The summed E-state index contributed by atoms with van der Waals surface area (Å²) in [5.41, 5.74) is 3.74. The second-order valence-electron chi connectivity index (χ2n) is 12.6. The van der Waals surface area contributed by atoms with Crippen molar-refractivity contribution < 1.29 is 36.0 Å². The molecular formula is C30H37F6N9O2. The van der Waals surface area contributed by atoms with E-state index < -0.39 is 35.3 Å². The number of hydrogen-bond donors (Lipinski definition) is 4. The third kappa shape index (κ3) is 8.00. The van der Waals surface area contributed by atoms with Crippen LogP contribution in [-0.2, 0) is 17.2 Å². The third-order valence-corrected chi connectivity index (χ3v) is 9.09. The molecule has 0 radical (unpaired) electrons.